The maximum absolute atomic E-state index is 5.72. The van der Waals surface area contributed by atoms with Crippen molar-refractivity contribution in [1.82, 2.24) is 20.4 Å². The van der Waals surface area contributed by atoms with Gasteiger partial charge in [-0.05, 0) is 25.9 Å². The van der Waals surface area contributed by atoms with Crippen molar-refractivity contribution in [2.75, 3.05) is 32.8 Å². The molecule has 0 saturated carbocycles. The summed E-state index contributed by atoms with van der Waals surface area (Å²) in [6.45, 7) is 6.81. The van der Waals surface area contributed by atoms with Crippen LogP contribution in [0.25, 0.3) is 0 Å². The van der Waals surface area contributed by atoms with Gasteiger partial charge in [-0.25, -0.2) is 0 Å². The predicted molar refractivity (Wildman–Crippen MR) is 65.1 cm³/mol. The first-order valence-electron chi connectivity index (χ1n) is 6.77. The average Bonchev–Trinajstić information content (AvgIpc) is 3.09. The molecular formula is C12H20N4O2. The number of aromatic nitrogens is 2. The van der Waals surface area contributed by atoms with Gasteiger partial charge < -0.3 is 14.6 Å². The zero-order chi connectivity index (χ0) is 12.4. The molecule has 2 atom stereocenters. The van der Waals surface area contributed by atoms with E-state index in [4.69, 9.17) is 9.26 Å². The van der Waals surface area contributed by atoms with Crippen molar-refractivity contribution in [2.45, 2.75) is 31.9 Å². The summed E-state index contributed by atoms with van der Waals surface area (Å²) in [5.74, 6) is 1.40. The molecule has 1 N–H and O–H groups in total. The number of hydrogen-bond acceptors (Lipinski definition) is 6. The van der Waals surface area contributed by atoms with Crippen LogP contribution in [0.4, 0.5) is 0 Å². The summed E-state index contributed by atoms with van der Waals surface area (Å²) in [7, 11) is 0. The topological polar surface area (TPSA) is 63.4 Å². The van der Waals surface area contributed by atoms with Crippen molar-refractivity contribution in [2.24, 2.45) is 0 Å². The van der Waals surface area contributed by atoms with Gasteiger partial charge in [-0.3, -0.25) is 4.90 Å². The van der Waals surface area contributed by atoms with Gasteiger partial charge in [0.05, 0.1) is 12.6 Å². The normalized spacial score (nSPS) is 29.8. The van der Waals surface area contributed by atoms with Gasteiger partial charge in [0.2, 0.25) is 11.7 Å². The Balaban J connectivity index is 1.68. The first-order chi connectivity index (χ1) is 8.86. The highest BCUT2D eigenvalue weighted by molar-refractivity contribution is 4.99. The molecule has 0 bridgehead atoms. The van der Waals surface area contributed by atoms with E-state index in [1.165, 1.54) is 6.42 Å². The monoisotopic (exact) mass is 252 g/mol. The fraction of sp³-hybridized carbons (Fsp3) is 0.833. The minimum Gasteiger partial charge on any atom is -0.367 e. The number of likely N-dealkylation sites (N-methyl/N-ethyl adjacent to an activating group) is 1. The summed E-state index contributed by atoms with van der Waals surface area (Å²) in [5.41, 5.74) is 0. The molecule has 6 heteroatoms. The van der Waals surface area contributed by atoms with Crippen LogP contribution in [0, 0.1) is 0 Å². The number of nitrogens with one attached hydrogen (secondary N) is 1. The summed E-state index contributed by atoms with van der Waals surface area (Å²) < 4.78 is 11.1. The third-order valence-electron chi connectivity index (χ3n) is 3.70. The van der Waals surface area contributed by atoms with Gasteiger partial charge in [0.25, 0.3) is 0 Å². The lowest BCUT2D eigenvalue weighted by Crippen LogP contribution is -2.38. The minimum absolute atomic E-state index is 0.0439. The van der Waals surface area contributed by atoms with Gasteiger partial charge in [-0.15, -0.1) is 0 Å². The van der Waals surface area contributed by atoms with Gasteiger partial charge in [0.15, 0.2) is 0 Å². The van der Waals surface area contributed by atoms with E-state index < -0.39 is 0 Å². The first kappa shape index (κ1) is 12.1. The number of rotatable bonds is 3. The lowest BCUT2D eigenvalue weighted by Gasteiger charge is -2.30. The quantitative estimate of drug-likeness (QED) is 0.862. The third-order valence-corrected chi connectivity index (χ3v) is 3.70. The van der Waals surface area contributed by atoms with Crippen molar-refractivity contribution >= 4 is 0 Å². The second kappa shape index (κ2) is 5.34. The molecule has 1 unspecified atom stereocenters. The fourth-order valence-electron chi connectivity index (χ4n) is 2.56. The largest absolute Gasteiger partial charge is 0.367 e. The summed E-state index contributed by atoms with van der Waals surface area (Å²) >= 11 is 0. The molecule has 1 aromatic heterocycles. The first-order valence-corrected chi connectivity index (χ1v) is 6.77. The molecule has 0 aliphatic carbocycles. The Morgan fingerprint density at radius 1 is 1.50 bits per heavy atom. The van der Waals surface area contributed by atoms with Gasteiger partial charge in [0.1, 0.15) is 6.10 Å². The van der Waals surface area contributed by atoms with Gasteiger partial charge in [-0.1, -0.05) is 12.1 Å². The molecule has 100 valence electrons. The van der Waals surface area contributed by atoms with E-state index in [0.29, 0.717) is 11.7 Å². The Labute approximate surface area is 107 Å². The maximum atomic E-state index is 5.72. The Bertz CT molecular complexity index is 389. The van der Waals surface area contributed by atoms with Gasteiger partial charge in [-0.2, -0.15) is 4.98 Å². The van der Waals surface area contributed by atoms with Gasteiger partial charge >= 0.3 is 0 Å². The summed E-state index contributed by atoms with van der Waals surface area (Å²) in [6.07, 6.45) is 2.21. The van der Waals surface area contributed by atoms with Gasteiger partial charge in [0, 0.05) is 13.1 Å². The van der Waals surface area contributed by atoms with Crippen molar-refractivity contribution in [3.8, 4) is 0 Å². The van der Waals surface area contributed by atoms with Crippen LogP contribution in [-0.2, 0) is 4.74 Å². The van der Waals surface area contributed by atoms with Crippen LogP contribution >= 0.6 is 0 Å². The van der Waals surface area contributed by atoms with Crippen molar-refractivity contribution in [3.63, 3.8) is 0 Å². The van der Waals surface area contributed by atoms with Crippen molar-refractivity contribution in [3.05, 3.63) is 11.7 Å². The minimum atomic E-state index is -0.0439. The number of nitrogens with zero attached hydrogens (tertiary/aromatic N) is 3. The van der Waals surface area contributed by atoms with E-state index in [1.807, 2.05) is 0 Å². The molecule has 2 saturated heterocycles. The molecule has 0 spiro atoms. The second-order valence-corrected chi connectivity index (χ2v) is 4.89. The maximum Gasteiger partial charge on any atom is 0.243 e. The molecule has 0 aromatic carbocycles. The molecular weight excluding hydrogens is 232 g/mol. The molecule has 2 fully saturated rings. The smallest absolute Gasteiger partial charge is 0.243 e. The Morgan fingerprint density at radius 2 is 2.44 bits per heavy atom. The molecule has 1 aromatic rings. The average molecular weight is 252 g/mol. The van der Waals surface area contributed by atoms with Crippen LogP contribution in [0.3, 0.4) is 0 Å². The lowest BCUT2D eigenvalue weighted by molar-refractivity contribution is -0.0334. The highest BCUT2D eigenvalue weighted by Crippen LogP contribution is 2.24. The number of ether oxygens (including phenoxy) is 1. The molecule has 2 aliphatic rings. The third kappa shape index (κ3) is 2.41. The fourth-order valence-corrected chi connectivity index (χ4v) is 2.56. The molecule has 3 heterocycles. The Morgan fingerprint density at radius 3 is 3.22 bits per heavy atom. The van der Waals surface area contributed by atoms with Crippen LogP contribution in [0.1, 0.15) is 43.6 Å². The predicted octanol–water partition coefficient (Wildman–Crippen LogP) is 0.887. The van der Waals surface area contributed by atoms with Crippen LogP contribution in [0.5, 0.6) is 0 Å². The number of morpholine rings is 1. The zero-order valence-corrected chi connectivity index (χ0v) is 10.8. The van der Waals surface area contributed by atoms with E-state index in [1.54, 1.807) is 0 Å². The lowest BCUT2D eigenvalue weighted by atomic mass is 10.2. The Hall–Kier alpha value is -0.980. The zero-order valence-electron chi connectivity index (χ0n) is 10.8. The standard InChI is InChI=1S/C12H20N4O2/c1-2-16-6-7-17-10(8-16)11-14-12(18-15-11)9-4-3-5-13-9/h9-10,13H,2-8H2,1H3/t9-,10?/m1/s1. The van der Waals surface area contributed by atoms with E-state index >= 15 is 0 Å². The summed E-state index contributed by atoms with van der Waals surface area (Å²) in [6, 6.07) is 0.233. The molecule has 2 aliphatic heterocycles. The van der Waals surface area contributed by atoms with E-state index in [0.717, 1.165) is 39.2 Å². The molecule has 0 amide bonds. The van der Waals surface area contributed by atoms with Crippen LogP contribution < -0.4 is 5.32 Å². The van der Waals surface area contributed by atoms with Crippen molar-refractivity contribution in [1.29, 1.82) is 0 Å². The van der Waals surface area contributed by atoms with Crippen LogP contribution in [0.2, 0.25) is 0 Å². The van der Waals surface area contributed by atoms with Crippen molar-refractivity contribution < 1.29 is 9.26 Å². The van der Waals surface area contributed by atoms with E-state index in [2.05, 4.69) is 27.3 Å². The van der Waals surface area contributed by atoms with Crippen LogP contribution in [-0.4, -0.2) is 47.8 Å². The van der Waals surface area contributed by atoms with Crippen LogP contribution in [0.15, 0.2) is 4.52 Å². The SMILES string of the molecule is CCN1CCOC(c2noc([C@H]3CCCN3)n2)C1. The molecule has 3 rings (SSSR count). The molecule has 0 radical (unpaired) electrons. The second-order valence-electron chi connectivity index (χ2n) is 4.89. The summed E-state index contributed by atoms with van der Waals surface area (Å²) in [5, 5.41) is 7.44. The van der Waals surface area contributed by atoms with E-state index in [-0.39, 0.29) is 12.1 Å². The molecule has 6 nitrogen and oxygen atoms in total. The molecule has 18 heavy (non-hydrogen) atoms. The van der Waals surface area contributed by atoms with E-state index in [9.17, 15) is 0 Å². The highest BCUT2D eigenvalue weighted by Gasteiger charge is 2.28. The highest BCUT2D eigenvalue weighted by atomic mass is 16.5. The Kier molecular flexibility index (Phi) is 3.58. The number of hydrogen-bond donors (Lipinski definition) is 1. The summed E-state index contributed by atoms with van der Waals surface area (Å²) in [4.78, 5) is 6.84.